The van der Waals surface area contributed by atoms with Crippen molar-refractivity contribution in [2.45, 2.75) is 57.5 Å². The maximum atomic E-state index is 13.5. The summed E-state index contributed by atoms with van der Waals surface area (Å²) in [4.78, 5) is 18.3. The zero-order valence-corrected chi connectivity index (χ0v) is 22.5. The van der Waals surface area contributed by atoms with E-state index in [9.17, 15) is 4.79 Å². The van der Waals surface area contributed by atoms with Crippen LogP contribution in [-0.2, 0) is 10.5 Å². The third kappa shape index (κ3) is 4.50. The van der Waals surface area contributed by atoms with Crippen molar-refractivity contribution in [3.8, 4) is 11.5 Å². The summed E-state index contributed by atoms with van der Waals surface area (Å²) in [6.45, 7) is 8.50. The fraction of sp³-hybridized carbons (Fsp3) is 0.393. The molecule has 1 aliphatic heterocycles. The van der Waals surface area contributed by atoms with E-state index in [2.05, 4.69) is 51.2 Å². The van der Waals surface area contributed by atoms with Crippen molar-refractivity contribution in [2.75, 3.05) is 19.5 Å². The Morgan fingerprint density at radius 3 is 2.58 bits per heavy atom. The number of aromatic nitrogens is 3. The van der Waals surface area contributed by atoms with E-state index in [1.165, 1.54) is 16.7 Å². The van der Waals surface area contributed by atoms with Gasteiger partial charge in [0.2, 0.25) is 11.1 Å². The Labute approximate surface area is 216 Å². The van der Waals surface area contributed by atoms with Gasteiger partial charge in [-0.3, -0.25) is 4.79 Å². The second kappa shape index (κ2) is 9.32. The lowest BCUT2D eigenvalue weighted by Crippen LogP contribution is -2.36. The largest absolute Gasteiger partial charge is 0.493 e. The van der Waals surface area contributed by atoms with Gasteiger partial charge < -0.3 is 14.8 Å². The normalized spacial score (nSPS) is 18.4. The SMILES string of the molecule is COc1ccc(C2C3=C(CC(C)(C)CC3=O)Nc3nc(SCc4ccc(C)cc4C)nn32)cc1OC. The molecule has 0 saturated carbocycles. The lowest BCUT2D eigenvalue weighted by molar-refractivity contribution is -0.118. The van der Waals surface area contributed by atoms with E-state index in [1.807, 2.05) is 22.9 Å². The Morgan fingerprint density at radius 2 is 1.86 bits per heavy atom. The third-order valence-electron chi connectivity index (χ3n) is 6.89. The Morgan fingerprint density at radius 1 is 1.08 bits per heavy atom. The predicted molar refractivity (Wildman–Crippen MR) is 142 cm³/mol. The van der Waals surface area contributed by atoms with Crippen LogP contribution in [0.5, 0.6) is 11.5 Å². The zero-order valence-electron chi connectivity index (χ0n) is 21.6. The molecule has 0 saturated heterocycles. The number of fused-ring (bicyclic) bond motifs is 1. The van der Waals surface area contributed by atoms with E-state index in [-0.39, 0.29) is 17.2 Å². The number of ether oxygens (including phenoxy) is 2. The molecule has 8 heteroatoms. The van der Waals surface area contributed by atoms with Crippen LogP contribution in [0.2, 0.25) is 0 Å². The number of rotatable bonds is 6. The first-order valence-corrected chi connectivity index (χ1v) is 13.1. The molecule has 1 unspecified atom stereocenters. The Bertz CT molecular complexity index is 1380. The van der Waals surface area contributed by atoms with Crippen molar-refractivity contribution in [3.05, 3.63) is 69.9 Å². The summed E-state index contributed by atoms with van der Waals surface area (Å²) >= 11 is 1.60. The quantitative estimate of drug-likeness (QED) is 0.421. The molecule has 1 N–H and O–H groups in total. The summed E-state index contributed by atoms with van der Waals surface area (Å²) in [6, 6.07) is 11.9. The van der Waals surface area contributed by atoms with Crippen LogP contribution in [0.4, 0.5) is 5.95 Å². The maximum absolute atomic E-state index is 13.5. The predicted octanol–water partition coefficient (Wildman–Crippen LogP) is 5.86. The number of nitrogens with zero attached hydrogens (tertiary/aromatic N) is 3. The van der Waals surface area contributed by atoms with E-state index < -0.39 is 0 Å². The van der Waals surface area contributed by atoms with Crippen LogP contribution in [0.25, 0.3) is 0 Å². The summed E-state index contributed by atoms with van der Waals surface area (Å²) in [5.41, 5.74) is 6.25. The number of benzene rings is 2. The Kier molecular flexibility index (Phi) is 6.32. The van der Waals surface area contributed by atoms with E-state index >= 15 is 0 Å². The highest BCUT2D eigenvalue weighted by Gasteiger charge is 2.42. The van der Waals surface area contributed by atoms with Crippen molar-refractivity contribution in [3.63, 3.8) is 0 Å². The number of nitrogens with one attached hydrogen (secondary N) is 1. The number of allylic oxidation sites excluding steroid dienone is 2. The second-order valence-corrected chi connectivity index (χ2v) is 11.3. The fourth-order valence-corrected chi connectivity index (χ4v) is 6.04. The van der Waals surface area contributed by atoms with E-state index in [4.69, 9.17) is 19.6 Å². The minimum Gasteiger partial charge on any atom is -0.493 e. The van der Waals surface area contributed by atoms with Crippen LogP contribution in [0, 0.1) is 19.3 Å². The monoisotopic (exact) mass is 504 g/mol. The summed E-state index contributed by atoms with van der Waals surface area (Å²) in [7, 11) is 3.23. The van der Waals surface area contributed by atoms with E-state index in [0.717, 1.165) is 29.0 Å². The fourth-order valence-electron chi connectivity index (χ4n) is 5.13. The maximum Gasteiger partial charge on any atom is 0.227 e. The molecule has 0 fully saturated rings. The van der Waals surface area contributed by atoms with Crippen LogP contribution in [0.1, 0.15) is 55.0 Å². The first-order chi connectivity index (χ1) is 17.2. The average molecular weight is 505 g/mol. The molecule has 2 aliphatic rings. The van der Waals surface area contributed by atoms with Crippen LogP contribution in [0.15, 0.2) is 52.8 Å². The second-order valence-electron chi connectivity index (χ2n) is 10.4. The number of thioether (sulfide) groups is 1. The van der Waals surface area contributed by atoms with Gasteiger partial charge in [0.15, 0.2) is 17.3 Å². The zero-order chi connectivity index (χ0) is 25.6. The van der Waals surface area contributed by atoms with Gasteiger partial charge in [-0.1, -0.05) is 55.4 Å². The molecule has 2 aromatic carbocycles. The van der Waals surface area contributed by atoms with Crippen molar-refractivity contribution >= 4 is 23.5 Å². The van der Waals surface area contributed by atoms with Gasteiger partial charge in [-0.2, -0.15) is 4.98 Å². The van der Waals surface area contributed by atoms with Crippen molar-refractivity contribution in [1.82, 2.24) is 14.8 Å². The molecule has 5 rings (SSSR count). The van der Waals surface area contributed by atoms with Gasteiger partial charge >= 0.3 is 0 Å². The molecule has 2 heterocycles. The van der Waals surface area contributed by atoms with E-state index in [1.54, 1.807) is 26.0 Å². The van der Waals surface area contributed by atoms with Gasteiger partial charge in [0, 0.05) is 23.4 Å². The lowest BCUT2D eigenvalue weighted by atomic mass is 9.73. The van der Waals surface area contributed by atoms with Crippen molar-refractivity contribution < 1.29 is 14.3 Å². The highest BCUT2D eigenvalue weighted by molar-refractivity contribution is 7.98. The number of Topliss-reactive ketones (excluding diaryl/α,β-unsaturated/α-hetero) is 1. The number of methoxy groups -OCH3 is 2. The minimum absolute atomic E-state index is 0.117. The third-order valence-corrected chi connectivity index (χ3v) is 7.78. The highest BCUT2D eigenvalue weighted by Crippen LogP contribution is 2.46. The Balaban J connectivity index is 1.55. The van der Waals surface area contributed by atoms with Gasteiger partial charge in [0.1, 0.15) is 6.04 Å². The highest BCUT2D eigenvalue weighted by atomic mass is 32.2. The van der Waals surface area contributed by atoms with Crippen LogP contribution in [0.3, 0.4) is 0 Å². The molecule has 0 radical (unpaired) electrons. The van der Waals surface area contributed by atoms with Gasteiger partial charge in [0.05, 0.1) is 14.2 Å². The standard InChI is InChI=1S/C28H32N4O3S/c1-16-7-8-19(17(2)11-16)15-36-27-30-26-29-20-13-28(3,4)14-21(33)24(20)25(32(26)31-27)18-9-10-22(34-5)23(12-18)35-6/h7-12,25H,13-15H2,1-6H3,(H,29,30,31). The molecule has 3 aromatic rings. The average Bonchev–Trinajstić information content (AvgIpc) is 3.23. The number of hydrogen-bond donors (Lipinski definition) is 1. The van der Waals surface area contributed by atoms with Gasteiger partial charge in [-0.15, -0.1) is 5.10 Å². The van der Waals surface area contributed by atoms with Crippen molar-refractivity contribution in [2.24, 2.45) is 5.41 Å². The number of hydrogen-bond acceptors (Lipinski definition) is 7. The van der Waals surface area contributed by atoms with Crippen LogP contribution < -0.4 is 14.8 Å². The molecule has 188 valence electrons. The summed E-state index contributed by atoms with van der Waals surface area (Å²) in [5, 5.41) is 9.01. The molecule has 36 heavy (non-hydrogen) atoms. The van der Waals surface area contributed by atoms with Crippen LogP contribution >= 0.6 is 11.8 Å². The molecular weight excluding hydrogens is 472 g/mol. The first kappa shape index (κ1) is 24.4. The smallest absolute Gasteiger partial charge is 0.227 e. The summed E-state index contributed by atoms with van der Waals surface area (Å²) < 4.78 is 12.9. The Hall–Kier alpha value is -3.26. The number of carbonyl (C=O) groups excluding carboxylic acids is 1. The molecule has 1 atom stereocenters. The van der Waals surface area contributed by atoms with E-state index in [0.29, 0.717) is 29.0 Å². The lowest BCUT2D eigenvalue weighted by Gasteiger charge is -2.38. The molecule has 0 amide bonds. The molecule has 7 nitrogen and oxygen atoms in total. The number of aryl methyl sites for hydroxylation is 2. The van der Waals surface area contributed by atoms with Gasteiger partial charge in [-0.05, 0) is 54.5 Å². The number of anilines is 1. The summed E-state index contributed by atoms with van der Waals surface area (Å²) in [6.07, 6.45) is 1.27. The topological polar surface area (TPSA) is 78.3 Å². The summed E-state index contributed by atoms with van der Waals surface area (Å²) in [5.74, 6) is 2.83. The minimum atomic E-state index is -0.386. The molecule has 0 spiro atoms. The number of carbonyl (C=O) groups is 1. The first-order valence-electron chi connectivity index (χ1n) is 12.1. The molecule has 1 aliphatic carbocycles. The molecular formula is C28H32N4O3S. The molecule has 0 bridgehead atoms. The molecule has 1 aromatic heterocycles. The van der Waals surface area contributed by atoms with Crippen molar-refractivity contribution in [1.29, 1.82) is 0 Å². The van der Waals surface area contributed by atoms with Gasteiger partial charge in [0.25, 0.3) is 0 Å². The van der Waals surface area contributed by atoms with Gasteiger partial charge in [-0.25, -0.2) is 4.68 Å². The number of ketones is 1. The van der Waals surface area contributed by atoms with Crippen LogP contribution in [-0.4, -0.2) is 34.8 Å².